The molecule has 0 saturated carbocycles. The molecular weight excluding hydrogens is 403 g/mol. The van der Waals surface area contributed by atoms with Crippen molar-refractivity contribution < 1.29 is 8.78 Å². The van der Waals surface area contributed by atoms with Gasteiger partial charge in [0.2, 0.25) is 0 Å². The Morgan fingerprint density at radius 3 is 2.43 bits per heavy atom. The smallest absolute Gasteiger partial charge is 0.243 e. The molecule has 28 heavy (non-hydrogen) atoms. The van der Waals surface area contributed by atoms with Crippen LogP contribution in [-0.2, 0) is 6.54 Å². The van der Waals surface area contributed by atoms with Gasteiger partial charge in [-0.3, -0.25) is 0 Å². The molecule has 0 aliphatic carbocycles. The number of fused-ring (bicyclic) bond motifs is 1. The minimum Gasteiger partial charge on any atom is -0.243 e. The molecule has 0 spiro atoms. The quantitative estimate of drug-likeness (QED) is 0.369. The number of rotatable bonds is 4. The van der Waals surface area contributed by atoms with Crippen LogP contribution in [0.3, 0.4) is 0 Å². The first kappa shape index (κ1) is 18.8. The summed E-state index contributed by atoms with van der Waals surface area (Å²) in [4.78, 5) is 4.64. The van der Waals surface area contributed by atoms with E-state index in [0.717, 1.165) is 5.56 Å². The van der Waals surface area contributed by atoms with Gasteiger partial charge in [0.25, 0.3) is 6.43 Å². The van der Waals surface area contributed by atoms with Crippen molar-refractivity contribution in [2.75, 3.05) is 0 Å². The fourth-order valence-corrected chi connectivity index (χ4v) is 3.53. The van der Waals surface area contributed by atoms with Gasteiger partial charge in [0.05, 0.1) is 33.4 Å². The first-order valence-electron chi connectivity index (χ1n) is 8.59. The molecule has 2 heterocycles. The van der Waals surface area contributed by atoms with Crippen LogP contribution in [0.1, 0.15) is 23.2 Å². The summed E-state index contributed by atoms with van der Waals surface area (Å²) in [6.07, 6.45) is -2.65. The zero-order chi connectivity index (χ0) is 19.8. The van der Waals surface area contributed by atoms with Crippen molar-refractivity contribution in [3.63, 3.8) is 0 Å². The number of hydrogen-bond donors (Lipinski definition) is 0. The highest BCUT2D eigenvalue weighted by Gasteiger charge is 2.21. The molecule has 2 aromatic heterocycles. The van der Waals surface area contributed by atoms with Gasteiger partial charge < -0.3 is 0 Å². The fourth-order valence-electron chi connectivity index (χ4n) is 3.23. The average molecular weight is 418 g/mol. The van der Waals surface area contributed by atoms with Gasteiger partial charge in [0.15, 0.2) is 5.65 Å². The summed E-state index contributed by atoms with van der Waals surface area (Å²) in [7, 11) is 0. The second kappa shape index (κ2) is 7.49. The van der Waals surface area contributed by atoms with E-state index in [-0.39, 0.29) is 5.56 Å². The predicted molar refractivity (Wildman–Crippen MR) is 108 cm³/mol. The summed E-state index contributed by atoms with van der Waals surface area (Å²) in [6, 6.07) is 16.0. The molecule has 0 N–H and O–H groups in total. The van der Waals surface area contributed by atoms with Crippen LogP contribution < -0.4 is 0 Å². The van der Waals surface area contributed by atoms with E-state index < -0.39 is 6.43 Å². The molecule has 4 rings (SSSR count). The molecule has 0 bridgehead atoms. The number of pyridine rings is 1. The molecule has 0 aliphatic heterocycles. The molecule has 0 radical (unpaired) electrons. The minimum atomic E-state index is -2.65. The Labute approximate surface area is 170 Å². The molecule has 2 aromatic carbocycles. The number of benzene rings is 2. The first-order valence-corrected chi connectivity index (χ1v) is 9.35. The maximum Gasteiger partial charge on any atom is 0.264 e. The third-order valence-corrected chi connectivity index (χ3v) is 5.27. The maximum atomic E-state index is 13.8. The topological polar surface area (TPSA) is 30.7 Å². The van der Waals surface area contributed by atoms with Crippen molar-refractivity contribution in [1.82, 2.24) is 14.8 Å². The SMILES string of the molecule is Cc1nn(Cc2ccccc2)c2nc(-c3ccc(Cl)c(Cl)c3)cc(C(F)F)c12. The maximum absolute atomic E-state index is 13.8. The number of hydrogen-bond acceptors (Lipinski definition) is 2. The van der Waals surface area contributed by atoms with Gasteiger partial charge in [-0.2, -0.15) is 5.10 Å². The molecule has 7 heteroatoms. The van der Waals surface area contributed by atoms with Crippen molar-refractivity contribution in [3.8, 4) is 11.3 Å². The molecule has 0 atom stereocenters. The molecule has 4 aromatic rings. The standard InChI is InChI=1S/C21H15Cl2F2N3/c1-12-19-15(20(24)25)10-18(14-7-8-16(22)17(23)9-14)26-21(19)28(27-12)11-13-5-3-2-4-6-13/h2-10,20H,11H2,1H3. The lowest BCUT2D eigenvalue weighted by Crippen LogP contribution is -2.03. The van der Waals surface area contributed by atoms with Crippen LogP contribution in [0.15, 0.2) is 54.6 Å². The Morgan fingerprint density at radius 2 is 1.75 bits per heavy atom. The van der Waals surface area contributed by atoms with E-state index >= 15 is 0 Å². The molecule has 3 nitrogen and oxygen atoms in total. The van der Waals surface area contributed by atoms with Crippen LogP contribution in [0.4, 0.5) is 8.78 Å². The molecule has 0 unspecified atom stereocenters. The Balaban J connectivity index is 1.92. The third-order valence-electron chi connectivity index (χ3n) is 4.53. The van der Waals surface area contributed by atoms with Crippen molar-refractivity contribution >= 4 is 34.2 Å². The van der Waals surface area contributed by atoms with Gasteiger partial charge in [-0.25, -0.2) is 18.4 Å². The van der Waals surface area contributed by atoms with Crippen LogP contribution in [0.25, 0.3) is 22.3 Å². The van der Waals surface area contributed by atoms with Gasteiger partial charge in [-0.1, -0.05) is 59.6 Å². The molecule has 0 saturated heterocycles. The fraction of sp³-hybridized carbons (Fsp3) is 0.143. The summed E-state index contributed by atoms with van der Waals surface area (Å²) in [6.45, 7) is 2.15. The number of nitrogens with zero attached hydrogens (tertiary/aromatic N) is 3. The number of aromatic nitrogens is 3. The summed E-state index contributed by atoms with van der Waals surface area (Å²) < 4.78 is 29.3. The highest BCUT2D eigenvalue weighted by Crippen LogP contribution is 2.34. The lowest BCUT2D eigenvalue weighted by atomic mass is 10.1. The molecule has 0 amide bonds. The van der Waals surface area contributed by atoms with E-state index in [1.807, 2.05) is 30.3 Å². The number of alkyl halides is 2. The van der Waals surface area contributed by atoms with Crippen molar-refractivity contribution in [1.29, 1.82) is 0 Å². The highest BCUT2D eigenvalue weighted by atomic mass is 35.5. The van der Waals surface area contributed by atoms with Gasteiger partial charge in [0.1, 0.15) is 0 Å². The molecule has 0 aliphatic rings. The second-order valence-electron chi connectivity index (χ2n) is 6.45. The van der Waals surface area contributed by atoms with Gasteiger partial charge >= 0.3 is 0 Å². The molecule has 0 fully saturated rings. The van der Waals surface area contributed by atoms with Crippen LogP contribution in [0.5, 0.6) is 0 Å². The largest absolute Gasteiger partial charge is 0.264 e. The number of aryl methyl sites for hydroxylation is 1. The van der Waals surface area contributed by atoms with Gasteiger partial charge in [0, 0.05) is 11.1 Å². The monoisotopic (exact) mass is 417 g/mol. The Kier molecular flexibility index (Phi) is 5.04. The van der Waals surface area contributed by atoms with E-state index in [1.54, 1.807) is 29.8 Å². The lowest BCUT2D eigenvalue weighted by Gasteiger charge is -2.09. The van der Waals surface area contributed by atoms with Crippen molar-refractivity contribution in [2.24, 2.45) is 0 Å². The second-order valence-corrected chi connectivity index (χ2v) is 7.27. The zero-order valence-corrected chi connectivity index (χ0v) is 16.3. The van der Waals surface area contributed by atoms with Crippen molar-refractivity contribution in [3.05, 3.63) is 81.5 Å². The van der Waals surface area contributed by atoms with Crippen molar-refractivity contribution in [2.45, 2.75) is 19.9 Å². The van der Waals surface area contributed by atoms with Crippen LogP contribution in [0.2, 0.25) is 10.0 Å². The van der Waals surface area contributed by atoms with Crippen LogP contribution in [-0.4, -0.2) is 14.8 Å². The van der Waals surface area contributed by atoms with E-state index in [2.05, 4.69) is 10.1 Å². The lowest BCUT2D eigenvalue weighted by molar-refractivity contribution is 0.153. The normalized spacial score (nSPS) is 11.5. The average Bonchev–Trinajstić information content (AvgIpc) is 2.99. The highest BCUT2D eigenvalue weighted by molar-refractivity contribution is 6.42. The number of halogens is 4. The zero-order valence-electron chi connectivity index (χ0n) is 14.8. The minimum absolute atomic E-state index is 0.0946. The van der Waals surface area contributed by atoms with E-state index in [9.17, 15) is 8.78 Å². The summed E-state index contributed by atoms with van der Waals surface area (Å²) >= 11 is 12.1. The summed E-state index contributed by atoms with van der Waals surface area (Å²) in [5, 5.41) is 5.59. The third kappa shape index (κ3) is 3.48. The van der Waals surface area contributed by atoms with Gasteiger partial charge in [-0.15, -0.1) is 0 Å². The predicted octanol–water partition coefficient (Wildman–Crippen LogP) is 6.70. The summed E-state index contributed by atoms with van der Waals surface area (Å²) in [5.41, 5.74) is 2.86. The van der Waals surface area contributed by atoms with E-state index in [1.165, 1.54) is 6.07 Å². The van der Waals surface area contributed by atoms with E-state index in [4.69, 9.17) is 23.2 Å². The first-order chi connectivity index (χ1) is 13.4. The van der Waals surface area contributed by atoms with Gasteiger partial charge in [-0.05, 0) is 30.7 Å². The Bertz CT molecular complexity index is 1160. The van der Waals surface area contributed by atoms with E-state index in [0.29, 0.717) is 44.6 Å². The summed E-state index contributed by atoms with van der Waals surface area (Å²) in [5.74, 6) is 0. The molecule has 142 valence electrons. The molecular formula is C21H15Cl2F2N3. The Hall–Kier alpha value is -2.50. The Morgan fingerprint density at radius 1 is 1.00 bits per heavy atom. The van der Waals surface area contributed by atoms with Crippen LogP contribution >= 0.6 is 23.2 Å². The van der Waals surface area contributed by atoms with Crippen LogP contribution in [0, 0.1) is 6.92 Å².